The maximum atomic E-state index is 10.6. The van der Waals surface area contributed by atoms with Gasteiger partial charge in [-0.2, -0.15) is 0 Å². The van der Waals surface area contributed by atoms with Gasteiger partial charge in [0.05, 0.1) is 0 Å². The van der Waals surface area contributed by atoms with E-state index in [1.54, 1.807) is 14.0 Å². The second-order valence-corrected chi connectivity index (χ2v) is 3.19. The van der Waals surface area contributed by atoms with E-state index in [1.165, 1.54) is 0 Å². The van der Waals surface area contributed by atoms with Crippen molar-refractivity contribution < 1.29 is 9.53 Å². The third kappa shape index (κ3) is 7.55. The highest BCUT2D eigenvalue weighted by Gasteiger charge is 2.01. The summed E-state index contributed by atoms with van der Waals surface area (Å²) in [6.45, 7) is 1.62. The zero-order valence-electron chi connectivity index (χ0n) is 8.51. The van der Waals surface area contributed by atoms with Crippen LogP contribution in [0, 0.1) is 12.3 Å². The Balaban J connectivity index is 3.25. The van der Waals surface area contributed by atoms with Gasteiger partial charge in [0.2, 0.25) is 0 Å². The molecule has 0 aromatic rings. The Bertz CT molecular complexity index is 179. The standard InChI is InChI=1S/C11H18O2/c1-4-11(13-3)9-7-5-6-8-10(2)12/h1,11H,5-9H2,2-3H3. The van der Waals surface area contributed by atoms with Gasteiger partial charge in [-0.25, -0.2) is 0 Å². The molecule has 0 radical (unpaired) electrons. The average molecular weight is 182 g/mol. The third-order valence-electron chi connectivity index (χ3n) is 1.97. The molecule has 0 saturated heterocycles. The van der Waals surface area contributed by atoms with E-state index < -0.39 is 0 Å². The van der Waals surface area contributed by atoms with Gasteiger partial charge >= 0.3 is 0 Å². The van der Waals surface area contributed by atoms with Crippen LogP contribution < -0.4 is 0 Å². The number of methoxy groups -OCH3 is 1. The first kappa shape index (κ1) is 12.2. The van der Waals surface area contributed by atoms with Gasteiger partial charge in [0.15, 0.2) is 0 Å². The lowest BCUT2D eigenvalue weighted by Gasteiger charge is -2.07. The molecule has 0 bridgehead atoms. The van der Waals surface area contributed by atoms with Crippen LogP contribution in [0.2, 0.25) is 0 Å². The van der Waals surface area contributed by atoms with Crippen molar-refractivity contribution in [3.8, 4) is 12.3 Å². The Labute approximate surface area is 80.7 Å². The molecule has 0 aliphatic carbocycles. The summed E-state index contributed by atoms with van der Waals surface area (Å²) in [5.41, 5.74) is 0. The summed E-state index contributed by atoms with van der Waals surface area (Å²) < 4.78 is 5.02. The molecule has 0 N–H and O–H groups in total. The van der Waals surface area contributed by atoms with Gasteiger partial charge in [0, 0.05) is 13.5 Å². The van der Waals surface area contributed by atoms with Crippen LogP contribution in [-0.2, 0) is 9.53 Å². The predicted octanol–water partition coefficient (Wildman–Crippen LogP) is 2.17. The molecule has 0 saturated carbocycles. The third-order valence-corrected chi connectivity index (χ3v) is 1.97. The summed E-state index contributed by atoms with van der Waals surface area (Å²) in [4.78, 5) is 10.6. The summed E-state index contributed by atoms with van der Waals surface area (Å²) in [6.07, 6.45) is 9.80. The number of ketones is 1. The number of hydrogen-bond acceptors (Lipinski definition) is 2. The van der Waals surface area contributed by atoms with Crippen molar-refractivity contribution in [2.45, 2.75) is 45.1 Å². The Hall–Kier alpha value is -0.810. The maximum Gasteiger partial charge on any atom is 0.129 e. The summed E-state index contributed by atoms with van der Waals surface area (Å²) in [6, 6.07) is 0. The molecule has 0 rings (SSSR count). The minimum atomic E-state index is -0.0580. The molecule has 2 heteroatoms. The second kappa shape index (κ2) is 7.82. The number of rotatable bonds is 7. The molecule has 13 heavy (non-hydrogen) atoms. The van der Waals surface area contributed by atoms with Gasteiger partial charge in [-0.05, 0) is 26.2 Å². The lowest BCUT2D eigenvalue weighted by Crippen LogP contribution is -2.06. The second-order valence-electron chi connectivity index (χ2n) is 3.19. The predicted molar refractivity (Wildman–Crippen MR) is 53.4 cm³/mol. The van der Waals surface area contributed by atoms with E-state index in [2.05, 4.69) is 5.92 Å². The highest BCUT2D eigenvalue weighted by atomic mass is 16.5. The fourth-order valence-corrected chi connectivity index (χ4v) is 1.15. The van der Waals surface area contributed by atoms with E-state index in [0.717, 1.165) is 25.7 Å². The summed E-state index contributed by atoms with van der Waals surface area (Å²) in [5, 5.41) is 0. The largest absolute Gasteiger partial charge is 0.369 e. The zero-order valence-corrected chi connectivity index (χ0v) is 8.51. The Morgan fingerprint density at radius 3 is 2.62 bits per heavy atom. The molecular formula is C11H18O2. The van der Waals surface area contributed by atoms with Crippen molar-refractivity contribution in [3.63, 3.8) is 0 Å². The first-order valence-corrected chi connectivity index (χ1v) is 4.69. The molecule has 0 aromatic heterocycles. The zero-order chi connectivity index (χ0) is 10.1. The number of unbranched alkanes of at least 4 members (excludes halogenated alkanes) is 2. The normalized spacial score (nSPS) is 12.1. The molecule has 1 unspecified atom stereocenters. The van der Waals surface area contributed by atoms with Gasteiger partial charge < -0.3 is 9.53 Å². The molecule has 74 valence electrons. The highest BCUT2D eigenvalue weighted by Crippen LogP contribution is 2.07. The molecule has 2 nitrogen and oxygen atoms in total. The van der Waals surface area contributed by atoms with Crippen molar-refractivity contribution in [2.24, 2.45) is 0 Å². The maximum absolute atomic E-state index is 10.6. The van der Waals surface area contributed by atoms with Gasteiger partial charge in [0.25, 0.3) is 0 Å². The molecule has 1 atom stereocenters. The number of ether oxygens (including phenoxy) is 1. The Morgan fingerprint density at radius 1 is 1.46 bits per heavy atom. The van der Waals surface area contributed by atoms with Gasteiger partial charge in [-0.3, -0.25) is 0 Å². The van der Waals surface area contributed by atoms with Crippen LogP contribution in [0.3, 0.4) is 0 Å². The minimum Gasteiger partial charge on any atom is -0.369 e. The van der Waals surface area contributed by atoms with E-state index in [9.17, 15) is 4.79 Å². The van der Waals surface area contributed by atoms with Crippen LogP contribution in [-0.4, -0.2) is 19.0 Å². The smallest absolute Gasteiger partial charge is 0.129 e. The van der Waals surface area contributed by atoms with E-state index in [1.807, 2.05) is 0 Å². The minimum absolute atomic E-state index is 0.0580. The topological polar surface area (TPSA) is 26.3 Å². The number of Topliss-reactive ketones (excluding diaryl/α,β-unsaturated/α-hetero) is 1. The van der Waals surface area contributed by atoms with Crippen LogP contribution in [0.25, 0.3) is 0 Å². The monoisotopic (exact) mass is 182 g/mol. The molecule has 0 amide bonds. The van der Waals surface area contributed by atoms with Crippen molar-refractivity contribution in [2.75, 3.05) is 7.11 Å². The van der Waals surface area contributed by atoms with E-state index in [0.29, 0.717) is 6.42 Å². The van der Waals surface area contributed by atoms with E-state index in [-0.39, 0.29) is 11.9 Å². The lowest BCUT2D eigenvalue weighted by atomic mass is 10.1. The molecule has 0 fully saturated rings. The molecule has 0 heterocycles. The van der Waals surface area contributed by atoms with Crippen LogP contribution in [0.1, 0.15) is 39.0 Å². The van der Waals surface area contributed by atoms with Gasteiger partial charge in [-0.15, -0.1) is 6.42 Å². The molecule has 0 spiro atoms. The van der Waals surface area contributed by atoms with Crippen LogP contribution in [0.4, 0.5) is 0 Å². The number of carbonyl (C=O) groups excluding carboxylic acids is 1. The van der Waals surface area contributed by atoms with Crippen LogP contribution in [0.15, 0.2) is 0 Å². The first-order valence-electron chi connectivity index (χ1n) is 4.69. The molecular weight excluding hydrogens is 164 g/mol. The van der Waals surface area contributed by atoms with Crippen LogP contribution in [0.5, 0.6) is 0 Å². The summed E-state index contributed by atoms with van der Waals surface area (Å²) in [5.74, 6) is 2.83. The number of carbonyl (C=O) groups is 1. The van der Waals surface area contributed by atoms with Gasteiger partial charge in [-0.1, -0.05) is 12.3 Å². The quantitative estimate of drug-likeness (QED) is 0.445. The van der Waals surface area contributed by atoms with E-state index in [4.69, 9.17) is 11.2 Å². The summed E-state index contributed by atoms with van der Waals surface area (Å²) in [7, 11) is 1.63. The SMILES string of the molecule is C#CC(CCCCCC(C)=O)OC. The van der Waals surface area contributed by atoms with Crippen molar-refractivity contribution in [1.29, 1.82) is 0 Å². The molecule has 0 aromatic carbocycles. The van der Waals surface area contributed by atoms with E-state index >= 15 is 0 Å². The molecule has 0 aliphatic rings. The Kier molecular flexibility index (Phi) is 7.33. The molecule has 0 aliphatic heterocycles. The fourth-order valence-electron chi connectivity index (χ4n) is 1.15. The van der Waals surface area contributed by atoms with Crippen molar-refractivity contribution in [3.05, 3.63) is 0 Å². The summed E-state index contributed by atoms with van der Waals surface area (Å²) >= 11 is 0. The number of hydrogen-bond donors (Lipinski definition) is 0. The van der Waals surface area contributed by atoms with Crippen molar-refractivity contribution in [1.82, 2.24) is 0 Å². The van der Waals surface area contributed by atoms with Crippen LogP contribution >= 0.6 is 0 Å². The Morgan fingerprint density at radius 2 is 2.15 bits per heavy atom. The van der Waals surface area contributed by atoms with Gasteiger partial charge in [0.1, 0.15) is 11.9 Å². The average Bonchev–Trinajstić information content (AvgIpc) is 2.11. The number of terminal acetylenes is 1. The first-order chi connectivity index (χ1) is 6.20. The lowest BCUT2D eigenvalue weighted by molar-refractivity contribution is -0.117. The fraction of sp³-hybridized carbons (Fsp3) is 0.727. The highest BCUT2D eigenvalue weighted by molar-refractivity contribution is 5.75. The van der Waals surface area contributed by atoms with Crippen molar-refractivity contribution >= 4 is 5.78 Å².